The highest BCUT2D eigenvalue weighted by Crippen LogP contribution is 2.43. The third-order valence-electron chi connectivity index (χ3n) is 4.87. The van der Waals surface area contributed by atoms with Crippen molar-refractivity contribution in [3.63, 3.8) is 0 Å². The Morgan fingerprint density at radius 1 is 0.926 bits per heavy atom. The lowest BCUT2D eigenvalue weighted by Gasteiger charge is -2.27. The molecule has 2 aromatic rings. The number of phenolic OH excluding ortho intramolecular Hbond substituents is 1. The minimum absolute atomic E-state index is 0.263. The van der Waals surface area contributed by atoms with Gasteiger partial charge >= 0.3 is 5.97 Å². The van der Waals surface area contributed by atoms with Crippen molar-refractivity contribution in [2.45, 2.75) is 58.8 Å². The van der Waals surface area contributed by atoms with Gasteiger partial charge in [-0.3, -0.25) is 0 Å². The summed E-state index contributed by atoms with van der Waals surface area (Å²) in [5, 5.41) is 10.8. The van der Waals surface area contributed by atoms with Gasteiger partial charge in [0, 0.05) is 23.1 Å². The summed E-state index contributed by atoms with van der Waals surface area (Å²) in [5.41, 5.74) is 3.88. The summed E-state index contributed by atoms with van der Waals surface area (Å²) in [5.74, 6) is 0.462. The summed E-state index contributed by atoms with van der Waals surface area (Å²) in [6, 6.07) is 13.5. The van der Waals surface area contributed by atoms with Gasteiger partial charge in [0.2, 0.25) is 0 Å². The average Bonchev–Trinajstić information content (AvgIpc) is 3.36. The Kier molecular flexibility index (Phi) is 4.67. The normalized spacial score (nSPS) is 14.3. The van der Waals surface area contributed by atoms with Gasteiger partial charge in [-0.05, 0) is 34.1 Å². The molecule has 1 aliphatic rings. The first-order valence-corrected chi connectivity index (χ1v) is 9.36. The summed E-state index contributed by atoms with van der Waals surface area (Å²) in [6.45, 7) is 12.2. The molecule has 0 bridgehead atoms. The molecule has 1 N–H and O–H groups in total. The summed E-state index contributed by atoms with van der Waals surface area (Å²) in [7, 11) is 0. The number of benzene rings is 2. The first-order chi connectivity index (χ1) is 12.5. The summed E-state index contributed by atoms with van der Waals surface area (Å²) in [6.07, 6.45) is 0.666. The molecule has 3 nitrogen and oxygen atoms in total. The number of phenols is 1. The van der Waals surface area contributed by atoms with Crippen molar-refractivity contribution in [1.82, 2.24) is 0 Å². The fourth-order valence-corrected chi connectivity index (χ4v) is 3.22. The summed E-state index contributed by atoms with van der Waals surface area (Å²) < 4.78 is 5.71. The van der Waals surface area contributed by atoms with Gasteiger partial charge in [-0.2, -0.15) is 0 Å². The second-order valence-electron chi connectivity index (χ2n) is 9.26. The zero-order valence-electron chi connectivity index (χ0n) is 17.0. The molecule has 0 unspecified atom stereocenters. The maximum absolute atomic E-state index is 12.6. The van der Waals surface area contributed by atoms with Crippen LogP contribution in [0.4, 0.5) is 0 Å². The van der Waals surface area contributed by atoms with Gasteiger partial charge in [-0.25, -0.2) is 4.79 Å². The third-order valence-corrected chi connectivity index (χ3v) is 4.87. The number of aromatic hydroxyl groups is 1. The quantitative estimate of drug-likeness (QED) is 0.557. The van der Waals surface area contributed by atoms with E-state index in [9.17, 15) is 9.90 Å². The van der Waals surface area contributed by atoms with Crippen LogP contribution in [0.3, 0.4) is 0 Å². The van der Waals surface area contributed by atoms with Crippen LogP contribution in [0.25, 0.3) is 5.57 Å². The second kappa shape index (κ2) is 6.56. The van der Waals surface area contributed by atoms with Crippen LogP contribution in [0.5, 0.6) is 11.5 Å². The van der Waals surface area contributed by atoms with E-state index in [2.05, 4.69) is 0 Å². The van der Waals surface area contributed by atoms with E-state index in [4.69, 9.17) is 4.74 Å². The molecule has 1 aliphatic carbocycles. The number of allylic oxidation sites excluding steroid dienone is 1. The van der Waals surface area contributed by atoms with Crippen LogP contribution in [0.2, 0.25) is 0 Å². The number of esters is 1. The minimum Gasteiger partial charge on any atom is -0.507 e. The van der Waals surface area contributed by atoms with Crippen LogP contribution < -0.4 is 4.74 Å². The van der Waals surface area contributed by atoms with Crippen LogP contribution in [0.15, 0.2) is 48.0 Å². The fourth-order valence-electron chi connectivity index (χ4n) is 3.22. The topological polar surface area (TPSA) is 46.5 Å². The molecule has 3 heteroatoms. The number of carbonyl (C=O) groups excluding carboxylic acids is 1. The zero-order chi connectivity index (χ0) is 20.0. The molecule has 0 heterocycles. The molecule has 0 aliphatic heterocycles. The third kappa shape index (κ3) is 4.08. The van der Waals surface area contributed by atoms with Gasteiger partial charge in [0.15, 0.2) is 0 Å². The average molecular weight is 364 g/mol. The number of carbonyl (C=O) groups is 1. The van der Waals surface area contributed by atoms with Gasteiger partial charge in [0.1, 0.15) is 11.5 Å². The largest absolute Gasteiger partial charge is 0.507 e. The maximum Gasteiger partial charge on any atom is 0.340 e. The van der Waals surface area contributed by atoms with Crippen molar-refractivity contribution in [1.29, 1.82) is 0 Å². The molecule has 0 saturated carbocycles. The molecule has 0 radical (unpaired) electrons. The van der Waals surface area contributed by atoms with E-state index in [-0.39, 0.29) is 22.5 Å². The SMILES string of the molecule is CC(C)(C)c1cc(OC(=O)C2=C(c3ccccc3)C2)cc(C(C)(C)C)c1O. The Hall–Kier alpha value is -2.55. The predicted molar refractivity (Wildman–Crippen MR) is 109 cm³/mol. The standard InChI is InChI=1S/C24H28O3/c1-23(2,3)19-12-16(13-20(21(19)25)24(4,5)6)27-22(26)18-14-17(18)15-10-8-7-9-11-15/h7-13,25H,14H2,1-6H3. The number of rotatable bonds is 3. The molecule has 3 rings (SSSR count). The molecule has 0 atom stereocenters. The van der Waals surface area contributed by atoms with Gasteiger partial charge < -0.3 is 9.84 Å². The number of hydrogen-bond donors (Lipinski definition) is 1. The number of ether oxygens (including phenoxy) is 1. The molecule has 142 valence electrons. The summed E-state index contributed by atoms with van der Waals surface area (Å²) in [4.78, 5) is 12.6. The minimum atomic E-state index is -0.306. The lowest BCUT2D eigenvalue weighted by Crippen LogP contribution is -2.18. The lowest BCUT2D eigenvalue weighted by molar-refractivity contribution is -0.129. The van der Waals surface area contributed by atoms with E-state index in [1.807, 2.05) is 71.9 Å². The van der Waals surface area contributed by atoms with Gasteiger partial charge in [0.25, 0.3) is 0 Å². The lowest BCUT2D eigenvalue weighted by atomic mass is 9.79. The Labute approximate surface area is 161 Å². The number of hydrogen-bond acceptors (Lipinski definition) is 3. The molecule has 0 saturated heterocycles. The van der Waals surface area contributed by atoms with E-state index >= 15 is 0 Å². The van der Waals surface area contributed by atoms with E-state index in [1.54, 1.807) is 12.1 Å². The maximum atomic E-state index is 12.6. The molecule has 0 fully saturated rings. The molecule has 27 heavy (non-hydrogen) atoms. The Bertz CT molecular complexity index is 872. The Morgan fingerprint density at radius 2 is 1.44 bits per heavy atom. The van der Waals surface area contributed by atoms with Crippen molar-refractivity contribution < 1.29 is 14.6 Å². The van der Waals surface area contributed by atoms with Gasteiger partial charge in [-0.1, -0.05) is 71.9 Å². The van der Waals surface area contributed by atoms with Crippen molar-refractivity contribution in [3.8, 4) is 11.5 Å². The second-order valence-corrected chi connectivity index (χ2v) is 9.26. The van der Waals surface area contributed by atoms with Crippen LogP contribution in [-0.4, -0.2) is 11.1 Å². The van der Waals surface area contributed by atoms with Gasteiger partial charge in [0.05, 0.1) is 0 Å². The van der Waals surface area contributed by atoms with Crippen molar-refractivity contribution >= 4 is 11.5 Å². The smallest absolute Gasteiger partial charge is 0.340 e. The van der Waals surface area contributed by atoms with Gasteiger partial charge in [-0.15, -0.1) is 0 Å². The van der Waals surface area contributed by atoms with E-state index in [0.717, 1.165) is 27.8 Å². The van der Waals surface area contributed by atoms with Crippen molar-refractivity contribution in [2.75, 3.05) is 0 Å². The molecule has 0 aromatic heterocycles. The highest BCUT2D eigenvalue weighted by atomic mass is 16.5. The Balaban J connectivity index is 1.94. The molecular formula is C24H28O3. The first kappa shape index (κ1) is 19.2. The van der Waals surface area contributed by atoms with E-state index in [1.165, 1.54) is 0 Å². The molecule has 0 spiro atoms. The summed E-state index contributed by atoms with van der Waals surface area (Å²) >= 11 is 0. The van der Waals surface area contributed by atoms with Crippen molar-refractivity contribution in [2.24, 2.45) is 0 Å². The first-order valence-electron chi connectivity index (χ1n) is 9.36. The van der Waals surface area contributed by atoms with Crippen LogP contribution >= 0.6 is 0 Å². The molecule has 2 aromatic carbocycles. The highest BCUT2D eigenvalue weighted by Gasteiger charge is 2.32. The fraction of sp³-hybridized carbons (Fsp3) is 0.375. The zero-order valence-corrected chi connectivity index (χ0v) is 17.0. The monoisotopic (exact) mass is 364 g/mol. The molecule has 0 amide bonds. The highest BCUT2D eigenvalue weighted by molar-refractivity contribution is 6.09. The van der Waals surface area contributed by atoms with E-state index in [0.29, 0.717) is 12.2 Å². The van der Waals surface area contributed by atoms with Crippen LogP contribution in [-0.2, 0) is 15.6 Å². The van der Waals surface area contributed by atoms with E-state index < -0.39 is 0 Å². The molecular weight excluding hydrogens is 336 g/mol. The van der Waals surface area contributed by atoms with Crippen LogP contribution in [0, 0.1) is 0 Å². The predicted octanol–water partition coefficient (Wildman–Crippen LogP) is 5.75. The van der Waals surface area contributed by atoms with Crippen LogP contribution in [0.1, 0.15) is 64.7 Å². The Morgan fingerprint density at radius 3 is 1.93 bits per heavy atom. The van der Waals surface area contributed by atoms with Crippen molar-refractivity contribution in [3.05, 3.63) is 64.7 Å².